The first kappa shape index (κ1) is 106. The number of hydrogen-bond acceptors (Lipinski definition) is 34. The Morgan fingerprint density at radius 3 is 1.21 bits per heavy atom. The number of ether oxygens (including phenoxy) is 4. The first-order chi connectivity index (χ1) is 66.6. The van der Waals surface area contributed by atoms with E-state index in [1.54, 1.807) is 36.9 Å². The van der Waals surface area contributed by atoms with Gasteiger partial charge in [-0.25, -0.2) is 36.1 Å². The van der Waals surface area contributed by atoms with Gasteiger partial charge in [0, 0.05) is 226 Å². The van der Waals surface area contributed by atoms with Gasteiger partial charge in [-0.3, -0.25) is 0 Å². The van der Waals surface area contributed by atoms with Gasteiger partial charge in [-0.1, -0.05) is 26.0 Å². The number of aryl methyl sites for hydroxylation is 4. The maximum absolute atomic E-state index is 8.70. The number of thioether (sulfide) groups is 1. The van der Waals surface area contributed by atoms with E-state index < -0.39 is 0 Å². The fraction of sp³-hybridized carbons (Fsp3) is 0.429. The van der Waals surface area contributed by atoms with Crippen LogP contribution in [0.25, 0.3) is 44.1 Å². The van der Waals surface area contributed by atoms with Crippen molar-refractivity contribution in [2.45, 2.75) is 84.9 Å². The summed E-state index contributed by atoms with van der Waals surface area (Å²) < 4.78 is 35.7. The molecule has 756 valence electrons. The van der Waals surface area contributed by atoms with Crippen LogP contribution in [0.15, 0.2) is 139 Å². The monoisotopic (exact) mass is 1940 g/mol. The summed E-state index contributed by atoms with van der Waals surface area (Å²) in [4.78, 5) is 23.5. The van der Waals surface area contributed by atoms with Crippen LogP contribution in [0, 0.1) is 13.8 Å². The number of piperazine rings is 1. The normalized spacial score (nSPS) is 13.0. The number of methoxy groups -OCH3 is 1. The molecule has 1 unspecified atom stereocenters. The molecule has 0 bridgehead atoms. The van der Waals surface area contributed by atoms with Crippen LogP contribution in [0.4, 0.5) is 97.1 Å². The molecule has 0 aromatic carbocycles. The number of fused-ring (bicyclic) bond motifs is 8. The molecule has 42 heteroatoms. The van der Waals surface area contributed by atoms with E-state index in [1.165, 1.54) is 11.1 Å². The Hall–Kier alpha value is -14.5. The van der Waals surface area contributed by atoms with E-state index in [2.05, 4.69) is 149 Å². The third-order valence-corrected chi connectivity index (χ3v) is 24.6. The zero-order valence-electron chi connectivity index (χ0n) is 86.4. The van der Waals surface area contributed by atoms with E-state index in [4.69, 9.17) is 75.0 Å². The summed E-state index contributed by atoms with van der Waals surface area (Å²) in [6.45, 7) is 22.8. The fourth-order valence-electron chi connectivity index (χ4n) is 15.6. The van der Waals surface area contributed by atoms with Gasteiger partial charge >= 0.3 is 0 Å². The van der Waals surface area contributed by atoms with Gasteiger partial charge in [0.05, 0.1) is 76.2 Å². The molecule has 140 heavy (non-hydrogen) atoms. The molecule has 18 N–H and O–H groups in total. The lowest BCUT2D eigenvalue weighted by Crippen LogP contribution is -2.44. The Balaban J connectivity index is 0.000000153. The Labute approximate surface area is 825 Å². The summed E-state index contributed by atoms with van der Waals surface area (Å²) in [6, 6.07) is 33.1. The van der Waals surface area contributed by atoms with Crippen LogP contribution in [0.1, 0.15) is 63.6 Å². The number of nitrogens with two attached hydrogens (primary N) is 8. The lowest BCUT2D eigenvalue weighted by atomic mass is 10.1. The van der Waals surface area contributed by atoms with Gasteiger partial charge in [-0.05, 0) is 191 Å². The van der Waals surface area contributed by atoms with Crippen molar-refractivity contribution < 1.29 is 24.1 Å². The topological polar surface area (TPSA) is 451 Å². The highest BCUT2D eigenvalue weighted by Crippen LogP contribution is 2.38. The molecule has 2 aliphatic rings. The summed E-state index contributed by atoms with van der Waals surface area (Å²) >= 11 is 1.56. The number of likely N-dealkylation sites (N-methyl/N-ethyl adjacent to an activating group) is 3. The molecule has 18 rings (SSSR count). The third-order valence-electron chi connectivity index (χ3n) is 24.0. The van der Waals surface area contributed by atoms with Crippen molar-refractivity contribution in [2.75, 3.05) is 296 Å². The second-order valence-corrected chi connectivity index (χ2v) is 37.0. The van der Waals surface area contributed by atoms with Crippen molar-refractivity contribution in [1.29, 1.82) is 0 Å². The maximum Gasteiger partial charge on any atom is 0.257 e. The lowest BCUT2D eigenvalue weighted by Gasteiger charge is -2.32. The smallest absolute Gasteiger partial charge is 0.257 e. The van der Waals surface area contributed by atoms with Crippen LogP contribution in [0.2, 0.25) is 0 Å². The highest BCUT2D eigenvalue weighted by Gasteiger charge is 2.29. The molecule has 16 aromatic rings. The molecule has 2 aliphatic heterocycles. The molecule has 16 aromatic heterocycles. The van der Waals surface area contributed by atoms with E-state index >= 15 is 0 Å². The zero-order chi connectivity index (χ0) is 102. The number of rotatable bonds is 24. The number of nitrogen functional groups attached to an aromatic ring is 8. The maximum atomic E-state index is 8.70. The largest absolute Gasteiger partial charge is 0.478 e. The minimum Gasteiger partial charge on any atom is -0.478 e. The minimum atomic E-state index is -0.0593. The van der Waals surface area contributed by atoms with E-state index in [-0.39, 0.29) is 19.3 Å². The number of anilines is 17. The van der Waals surface area contributed by atoms with Crippen molar-refractivity contribution in [2.24, 2.45) is 0 Å². The molecule has 0 saturated carbocycles. The molecule has 0 aliphatic carbocycles. The molecule has 0 amide bonds. The van der Waals surface area contributed by atoms with Crippen molar-refractivity contribution in [3.8, 4) is 23.5 Å². The average Bonchev–Trinajstić information content (AvgIpc) is 1.62. The van der Waals surface area contributed by atoms with Crippen molar-refractivity contribution in [3.63, 3.8) is 0 Å². The zero-order valence-corrected chi connectivity index (χ0v) is 87.3. The third kappa shape index (κ3) is 24.8. The van der Waals surface area contributed by atoms with E-state index in [0.29, 0.717) is 58.9 Å². The summed E-state index contributed by atoms with van der Waals surface area (Å²) in [6.07, 6.45) is 16.5. The lowest BCUT2D eigenvalue weighted by molar-refractivity contribution is 0.197. The fourth-order valence-corrected chi connectivity index (χ4v) is 16.1. The van der Waals surface area contributed by atoms with Crippen molar-refractivity contribution >= 4 is 153 Å². The second-order valence-electron chi connectivity index (χ2n) is 36.2. The van der Waals surface area contributed by atoms with Crippen molar-refractivity contribution in [1.82, 2.24) is 91.6 Å². The van der Waals surface area contributed by atoms with Gasteiger partial charge in [0.2, 0.25) is 0 Å². The van der Waals surface area contributed by atoms with Crippen LogP contribution in [-0.2, 0) is 12.8 Å². The molecular formula is C98H148N36O5S. The minimum absolute atomic E-state index is 0.0593. The average molecular weight is 1940 g/mol. The van der Waals surface area contributed by atoms with Crippen LogP contribution in [0.5, 0.6) is 23.5 Å². The van der Waals surface area contributed by atoms with Crippen LogP contribution >= 0.6 is 11.8 Å². The number of pyridine rings is 8. The molecular weight excluding hydrogens is 1790 g/mol. The first-order valence-corrected chi connectivity index (χ1v) is 48.0. The molecule has 2 saturated heterocycles. The molecule has 0 spiro atoms. The van der Waals surface area contributed by atoms with E-state index in [1.807, 2.05) is 273 Å². The summed E-state index contributed by atoms with van der Waals surface area (Å²) in [5.41, 5.74) is 72.9. The number of nitrogens with one attached hydrogen (secondary N) is 1. The quantitative estimate of drug-likeness (QED) is 0.0251. The van der Waals surface area contributed by atoms with E-state index in [9.17, 15) is 0 Å². The predicted molar refractivity (Wildman–Crippen MR) is 580 cm³/mol. The molecule has 2 fully saturated rings. The molecule has 1 atom stereocenters. The second kappa shape index (κ2) is 47.2. The molecule has 41 nitrogen and oxygen atoms in total. The van der Waals surface area contributed by atoms with E-state index in [0.717, 1.165) is 206 Å². The van der Waals surface area contributed by atoms with Gasteiger partial charge in [-0.15, -0.1) is 47.5 Å². The highest BCUT2D eigenvalue weighted by atomic mass is 32.2. The Morgan fingerprint density at radius 2 is 0.814 bits per heavy atom. The number of aliphatic hydroxyl groups excluding tert-OH is 1. The molecule has 0 radical (unpaired) electrons. The SMILES string of the molecule is CC(C)Oc1nn2ccc(N(C)C)cc2c1N.CCOc1nn2ccc(N(C)C)cc2c1N.CCc1ccc(C)n2nc(N3CCN(C)CC3)c(N)c12.CCc1ccc(C)n2nc(NCCN(C)C)c(N)c12.CN(C)c1ccn2nc(N3CCC(N(C)C)C3)c(N)c2c1.CN(C)c1ccn2nc(OCCO)c(N)c2c1.COc1nn2ccc(N(C)C)cc2c1N.CSc1nn2ccc(N(C)C)cc2c1N. The number of aliphatic hydroxyl groups is 1. The van der Waals surface area contributed by atoms with Crippen LogP contribution < -0.4 is 109 Å². The van der Waals surface area contributed by atoms with Crippen molar-refractivity contribution in [3.05, 3.63) is 157 Å². The Kier molecular flexibility index (Phi) is 35.8. The van der Waals surface area contributed by atoms with Crippen LogP contribution in [-0.4, -0.2) is 314 Å². The summed E-state index contributed by atoms with van der Waals surface area (Å²) in [5.74, 6) is 4.46. The highest BCUT2D eigenvalue weighted by molar-refractivity contribution is 7.98. The van der Waals surface area contributed by atoms with Gasteiger partial charge in [0.1, 0.15) is 51.4 Å². The van der Waals surface area contributed by atoms with Gasteiger partial charge in [0.25, 0.3) is 23.5 Å². The van der Waals surface area contributed by atoms with Gasteiger partial charge in [-0.2, -0.15) is 5.10 Å². The number of hydrogen-bond donors (Lipinski definition) is 10. The van der Waals surface area contributed by atoms with Gasteiger partial charge in [0.15, 0.2) is 17.5 Å². The number of aromatic nitrogens is 16. The summed E-state index contributed by atoms with van der Waals surface area (Å²) in [7, 11) is 36.0. The number of nitrogens with zero attached hydrogens (tertiary/aromatic N) is 27. The predicted octanol–water partition coefficient (Wildman–Crippen LogP) is 10.6. The van der Waals surface area contributed by atoms with Gasteiger partial charge < -0.3 is 129 Å². The standard InChI is InChI=1S/C15H24N6.C15H23N5.C14H23N5.C12H18N4O.C11H16N4O2.C11H16N4O.C10H14N4O.C10H14N4S/c1-18(2)11-6-8-21-13(9-11)14(16)15(17-21)20-7-5-12(10-20)19(3)4;1-4-12-6-5-11(2)20-14(12)13(16)15(17-20)19-9-7-18(3)8-10-19;1-5-11-7-6-10(2)19-13(11)12(15)14(17-19)16-8-9-18(3)4;1-8(2)17-12-11(13)10-7-9(15(3)4)5-6-16(10)14-12;1-14(2)8-3-4-15-9(7-8)10(12)11(13-15)17-6-5-16;1-4-16-11-10(12)9-7-8(14(2)3)5-6-15(9)13-11;2*1-13(2)7-4-5-14-8(6-7)9(11)10(12-14)15-3/h6,8-9,12H,5,7,10,16H2,1-4H3;5-6H,4,7-10,16H2,1-3H3;6-7H,5,8-9,15H2,1-4H3,(H,16,17);5-8H,13H2,1-4H3;3-4,7,16H,5-6,12H2,1-2H3;5-7H,4,12H2,1-3H3;2*4-6H,11H2,1-3H3. The Morgan fingerprint density at radius 1 is 0.436 bits per heavy atom. The molecule has 18 heterocycles. The first-order valence-electron chi connectivity index (χ1n) is 46.7. The Bertz CT molecular complexity index is 6690. The van der Waals surface area contributed by atoms with Crippen LogP contribution in [0.3, 0.4) is 0 Å². The summed E-state index contributed by atoms with van der Waals surface area (Å²) in [5, 5.41) is 48.2.